The molecule has 0 saturated carbocycles. The second kappa shape index (κ2) is 7.91. The van der Waals surface area contributed by atoms with Gasteiger partial charge in [-0.15, -0.1) is 0 Å². The Labute approximate surface area is 148 Å². The molecule has 0 radical (unpaired) electrons. The van der Waals surface area contributed by atoms with Crippen molar-refractivity contribution in [2.24, 2.45) is 5.92 Å². The molecule has 0 spiro atoms. The average Bonchev–Trinajstić information content (AvgIpc) is 2.55. The van der Waals surface area contributed by atoms with Crippen LogP contribution in [0.4, 0.5) is 18.9 Å². The Kier molecular flexibility index (Phi) is 6.11. The molecule has 1 atom stereocenters. The van der Waals surface area contributed by atoms with Crippen molar-refractivity contribution in [3.8, 4) is 0 Å². The van der Waals surface area contributed by atoms with Gasteiger partial charge in [-0.25, -0.2) is 0 Å². The number of alkyl halides is 3. The Bertz CT molecular complexity index is 689. The fraction of sp³-hybridized carbons (Fsp3) is 0.412. The van der Waals surface area contributed by atoms with Gasteiger partial charge in [0.1, 0.15) is 0 Å². The highest BCUT2D eigenvalue weighted by atomic mass is 35.5. The number of likely N-dealkylation sites (N-methyl/N-ethyl adjacent to an activating group) is 1. The predicted molar refractivity (Wildman–Crippen MR) is 89.2 cm³/mol. The highest BCUT2D eigenvalue weighted by Gasteiger charge is 2.33. The number of nitrogens with zero attached hydrogens (tertiary/aromatic N) is 1. The first-order valence-electron chi connectivity index (χ1n) is 7.75. The summed E-state index contributed by atoms with van der Waals surface area (Å²) in [4.78, 5) is 25.6. The first-order chi connectivity index (χ1) is 11.7. The zero-order valence-corrected chi connectivity index (χ0v) is 14.3. The minimum Gasteiger partial charge on any atom is -0.336 e. The summed E-state index contributed by atoms with van der Waals surface area (Å²) in [6.45, 7) is -0.233. The lowest BCUT2D eigenvalue weighted by atomic mass is 9.93. The molecule has 0 aromatic heterocycles. The van der Waals surface area contributed by atoms with Crippen molar-refractivity contribution in [2.45, 2.75) is 25.4 Å². The van der Waals surface area contributed by atoms with E-state index in [0.717, 1.165) is 25.0 Å². The molecule has 0 heterocycles. The standard InChI is InChI=1S/C17H18ClF3N2O2/c1-23(16(25)11-5-3-2-4-6-11)10-15(24)22-12-7-8-14(18)13(9-12)17(19,20)21/h2-3,7-9,11H,4-6,10H2,1H3,(H,22,24)/t11-/m0/s1. The first kappa shape index (κ1) is 19.3. The van der Waals surface area contributed by atoms with Gasteiger partial charge in [0.05, 0.1) is 17.1 Å². The highest BCUT2D eigenvalue weighted by Crippen LogP contribution is 2.36. The lowest BCUT2D eigenvalue weighted by molar-refractivity contribution is -0.137. The largest absolute Gasteiger partial charge is 0.417 e. The molecule has 2 amide bonds. The number of anilines is 1. The second-order valence-corrected chi connectivity index (χ2v) is 6.32. The maximum absolute atomic E-state index is 12.8. The Balaban J connectivity index is 1.98. The summed E-state index contributed by atoms with van der Waals surface area (Å²) < 4.78 is 38.5. The molecule has 1 aliphatic carbocycles. The van der Waals surface area contributed by atoms with Gasteiger partial charge in [-0.05, 0) is 37.5 Å². The van der Waals surface area contributed by atoms with E-state index >= 15 is 0 Å². The average molecular weight is 375 g/mol. The number of hydrogen-bond donors (Lipinski definition) is 1. The maximum Gasteiger partial charge on any atom is 0.417 e. The minimum absolute atomic E-state index is 0.0248. The monoisotopic (exact) mass is 374 g/mol. The van der Waals surface area contributed by atoms with Gasteiger partial charge in [0.15, 0.2) is 0 Å². The molecule has 1 N–H and O–H groups in total. The van der Waals surface area contributed by atoms with Crippen LogP contribution in [0, 0.1) is 5.92 Å². The third-order valence-corrected chi connectivity index (χ3v) is 4.26. The van der Waals surface area contributed by atoms with Crippen LogP contribution < -0.4 is 5.32 Å². The van der Waals surface area contributed by atoms with Gasteiger partial charge in [-0.1, -0.05) is 23.8 Å². The summed E-state index contributed by atoms with van der Waals surface area (Å²) in [5, 5.41) is 1.92. The zero-order valence-electron chi connectivity index (χ0n) is 13.6. The topological polar surface area (TPSA) is 49.4 Å². The van der Waals surface area contributed by atoms with Crippen molar-refractivity contribution in [3.63, 3.8) is 0 Å². The van der Waals surface area contributed by atoms with Crippen LogP contribution in [-0.4, -0.2) is 30.3 Å². The fourth-order valence-electron chi connectivity index (χ4n) is 2.64. The second-order valence-electron chi connectivity index (χ2n) is 5.92. The quantitative estimate of drug-likeness (QED) is 0.806. The van der Waals surface area contributed by atoms with Crippen molar-refractivity contribution in [2.75, 3.05) is 18.9 Å². The van der Waals surface area contributed by atoms with E-state index in [4.69, 9.17) is 11.6 Å². The van der Waals surface area contributed by atoms with E-state index in [-0.39, 0.29) is 24.1 Å². The fourth-order valence-corrected chi connectivity index (χ4v) is 2.87. The molecule has 4 nitrogen and oxygen atoms in total. The zero-order chi connectivity index (χ0) is 18.6. The molecular weight excluding hydrogens is 357 g/mol. The van der Waals surface area contributed by atoms with E-state index in [1.165, 1.54) is 18.0 Å². The summed E-state index contributed by atoms with van der Waals surface area (Å²) >= 11 is 5.54. The number of halogens is 4. The van der Waals surface area contributed by atoms with Crippen LogP contribution in [0.5, 0.6) is 0 Å². The molecule has 136 valence electrons. The van der Waals surface area contributed by atoms with Crippen LogP contribution in [0.2, 0.25) is 5.02 Å². The van der Waals surface area contributed by atoms with Crippen LogP contribution >= 0.6 is 11.6 Å². The van der Waals surface area contributed by atoms with E-state index in [1.54, 1.807) is 0 Å². The van der Waals surface area contributed by atoms with Gasteiger partial charge in [0.25, 0.3) is 0 Å². The smallest absolute Gasteiger partial charge is 0.336 e. The van der Waals surface area contributed by atoms with Gasteiger partial charge in [0.2, 0.25) is 11.8 Å². The molecule has 0 saturated heterocycles. The van der Waals surface area contributed by atoms with E-state index < -0.39 is 22.7 Å². The normalized spacial score (nSPS) is 17.2. The summed E-state index contributed by atoms with van der Waals surface area (Å²) in [5.74, 6) is -0.876. The first-order valence-corrected chi connectivity index (χ1v) is 8.13. The van der Waals surface area contributed by atoms with Gasteiger partial charge in [-0.3, -0.25) is 9.59 Å². The molecule has 25 heavy (non-hydrogen) atoms. The van der Waals surface area contributed by atoms with Crippen LogP contribution in [0.3, 0.4) is 0 Å². The molecule has 1 aliphatic rings. The van der Waals surface area contributed by atoms with Crippen LogP contribution in [0.25, 0.3) is 0 Å². The molecule has 0 bridgehead atoms. The molecule has 8 heteroatoms. The molecule has 0 unspecified atom stereocenters. The molecule has 0 fully saturated rings. The van der Waals surface area contributed by atoms with E-state index in [0.29, 0.717) is 6.42 Å². The molecular formula is C17H18ClF3N2O2. The van der Waals surface area contributed by atoms with Crippen molar-refractivity contribution < 1.29 is 22.8 Å². The van der Waals surface area contributed by atoms with Gasteiger partial charge < -0.3 is 10.2 Å². The summed E-state index contributed by atoms with van der Waals surface area (Å²) in [6, 6.07) is 3.13. The number of nitrogens with one attached hydrogen (secondary N) is 1. The Morgan fingerprint density at radius 2 is 2.04 bits per heavy atom. The lowest BCUT2D eigenvalue weighted by Gasteiger charge is -2.24. The molecule has 1 aromatic carbocycles. The van der Waals surface area contributed by atoms with Crippen molar-refractivity contribution in [3.05, 3.63) is 40.9 Å². The Hall–Kier alpha value is -2.02. The molecule has 2 rings (SSSR count). The number of benzene rings is 1. The number of allylic oxidation sites excluding steroid dienone is 2. The van der Waals surface area contributed by atoms with Crippen LogP contribution in [-0.2, 0) is 15.8 Å². The third kappa shape index (κ3) is 5.22. The summed E-state index contributed by atoms with van der Waals surface area (Å²) in [5.41, 5.74) is -1.05. The van der Waals surface area contributed by atoms with Crippen molar-refractivity contribution >= 4 is 29.1 Å². The third-order valence-electron chi connectivity index (χ3n) is 3.93. The molecule has 1 aromatic rings. The summed E-state index contributed by atoms with van der Waals surface area (Å²) in [6.07, 6.45) is 1.52. The van der Waals surface area contributed by atoms with Crippen LogP contribution in [0.1, 0.15) is 24.8 Å². The Morgan fingerprint density at radius 3 is 2.64 bits per heavy atom. The number of amides is 2. The maximum atomic E-state index is 12.8. The molecule has 0 aliphatic heterocycles. The van der Waals surface area contributed by atoms with Crippen molar-refractivity contribution in [1.82, 2.24) is 4.90 Å². The Morgan fingerprint density at radius 1 is 1.32 bits per heavy atom. The number of carbonyl (C=O) groups excluding carboxylic acids is 2. The van der Waals surface area contributed by atoms with E-state index in [1.807, 2.05) is 12.2 Å². The minimum atomic E-state index is -4.61. The SMILES string of the molecule is CN(CC(=O)Nc1ccc(Cl)c(C(F)(F)F)c1)C(=O)[C@H]1CC=CCC1. The van der Waals surface area contributed by atoms with Gasteiger partial charge in [-0.2, -0.15) is 13.2 Å². The van der Waals surface area contributed by atoms with Gasteiger partial charge >= 0.3 is 6.18 Å². The van der Waals surface area contributed by atoms with E-state index in [9.17, 15) is 22.8 Å². The van der Waals surface area contributed by atoms with E-state index in [2.05, 4.69) is 5.32 Å². The lowest BCUT2D eigenvalue weighted by Crippen LogP contribution is -2.38. The number of hydrogen-bond acceptors (Lipinski definition) is 2. The van der Waals surface area contributed by atoms with Gasteiger partial charge in [0, 0.05) is 18.7 Å². The highest BCUT2D eigenvalue weighted by molar-refractivity contribution is 6.31. The van der Waals surface area contributed by atoms with Crippen molar-refractivity contribution in [1.29, 1.82) is 0 Å². The predicted octanol–water partition coefficient (Wildman–Crippen LogP) is 4.11. The number of rotatable bonds is 4. The van der Waals surface area contributed by atoms with Crippen LogP contribution in [0.15, 0.2) is 30.4 Å². The summed E-state index contributed by atoms with van der Waals surface area (Å²) in [7, 11) is 1.50. The number of carbonyl (C=O) groups is 2.